The van der Waals surface area contributed by atoms with Gasteiger partial charge in [-0.2, -0.15) is 11.8 Å². The molecule has 1 heterocycles. The zero-order chi connectivity index (χ0) is 10.8. The summed E-state index contributed by atoms with van der Waals surface area (Å²) < 4.78 is 0. The Morgan fingerprint density at radius 1 is 1.43 bits per heavy atom. The molecular formula is C10H17NOS2. The zero-order valence-corrected chi connectivity index (χ0v) is 10.8. The molecule has 0 spiro atoms. The molecule has 0 radical (unpaired) electrons. The van der Waals surface area contributed by atoms with Gasteiger partial charge < -0.3 is 5.11 Å². The molecule has 0 amide bonds. The largest absolute Gasteiger partial charge is 0.391 e. The van der Waals surface area contributed by atoms with Gasteiger partial charge in [0.25, 0.3) is 0 Å². The van der Waals surface area contributed by atoms with Crippen molar-refractivity contribution in [3.05, 3.63) is 15.6 Å². The highest BCUT2D eigenvalue weighted by Gasteiger charge is 2.22. The summed E-state index contributed by atoms with van der Waals surface area (Å²) >= 11 is 3.39. The predicted molar refractivity (Wildman–Crippen MR) is 64.0 cm³/mol. The monoisotopic (exact) mass is 231 g/mol. The van der Waals surface area contributed by atoms with E-state index in [1.54, 1.807) is 23.1 Å². The van der Waals surface area contributed by atoms with Crippen LogP contribution in [0.2, 0.25) is 0 Å². The van der Waals surface area contributed by atoms with Crippen LogP contribution in [0.25, 0.3) is 0 Å². The highest BCUT2D eigenvalue weighted by Crippen LogP contribution is 2.30. The summed E-state index contributed by atoms with van der Waals surface area (Å²) in [5, 5.41) is 10.3. The Hall–Kier alpha value is -0.0600. The Kier molecular flexibility index (Phi) is 3.98. The number of aliphatic hydroxyl groups is 1. The van der Waals surface area contributed by atoms with Crippen molar-refractivity contribution in [1.29, 1.82) is 0 Å². The maximum absolute atomic E-state index is 9.23. The first-order chi connectivity index (χ1) is 6.49. The molecule has 1 aromatic heterocycles. The summed E-state index contributed by atoms with van der Waals surface area (Å²) in [6.07, 6.45) is 2.07. The van der Waals surface area contributed by atoms with E-state index in [1.807, 2.05) is 0 Å². The van der Waals surface area contributed by atoms with Crippen LogP contribution in [0.1, 0.15) is 36.3 Å². The summed E-state index contributed by atoms with van der Waals surface area (Å²) in [4.78, 5) is 5.60. The predicted octanol–water partition coefficient (Wildman–Crippen LogP) is 2.80. The Labute approximate surface area is 93.8 Å². The van der Waals surface area contributed by atoms with Crippen molar-refractivity contribution in [3.63, 3.8) is 0 Å². The number of thioether (sulfide) groups is 1. The molecular weight excluding hydrogens is 214 g/mol. The number of aromatic nitrogens is 1. The van der Waals surface area contributed by atoms with Crippen molar-refractivity contribution < 1.29 is 5.11 Å². The van der Waals surface area contributed by atoms with Gasteiger partial charge in [0.15, 0.2) is 0 Å². The smallest absolute Gasteiger partial charge is 0.103 e. The van der Waals surface area contributed by atoms with Crippen molar-refractivity contribution >= 4 is 23.1 Å². The highest BCUT2D eigenvalue weighted by atomic mass is 32.2. The van der Waals surface area contributed by atoms with Crippen LogP contribution in [0.15, 0.2) is 0 Å². The van der Waals surface area contributed by atoms with Crippen LogP contribution in [0.3, 0.4) is 0 Å². The van der Waals surface area contributed by atoms with E-state index in [-0.39, 0.29) is 12.0 Å². The molecule has 1 aromatic rings. The summed E-state index contributed by atoms with van der Waals surface area (Å²) in [7, 11) is 0. The molecule has 0 atom stereocenters. The summed E-state index contributed by atoms with van der Waals surface area (Å²) in [5.41, 5.74) is 1.08. The van der Waals surface area contributed by atoms with Crippen molar-refractivity contribution in [2.75, 3.05) is 6.26 Å². The van der Waals surface area contributed by atoms with Crippen LogP contribution in [0.4, 0.5) is 0 Å². The van der Waals surface area contributed by atoms with E-state index in [1.165, 1.54) is 0 Å². The lowest BCUT2D eigenvalue weighted by Gasteiger charge is -2.16. The first kappa shape index (κ1) is 12.0. The van der Waals surface area contributed by atoms with Crippen molar-refractivity contribution in [2.45, 2.75) is 38.5 Å². The number of nitrogens with zero attached hydrogens (tertiary/aromatic N) is 1. The maximum atomic E-state index is 9.23. The normalized spacial score (nSPS) is 12.1. The molecule has 80 valence electrons. The van der Waals surface area contributed by atoms with Crippen molar-refractivity contribution in [1.82, 2.24) is 4.98 Å². The number of aliphatic hydroxyl groups excluding tert-OH is 1. The fraction of sp³-hybridized carbons (Fsp3) is 0.700. The molecule has 0 aliphatic heterocycles. The Bertz CT molecular complexity index is 302. The average molecular weight is 231 g/mol. The van der Waals surface area contributed by atoms with Gasteiger partial charge in [-0.25, -0.2) is 4.98 Å². The summed E-state index contributed by atoms with van der Waals surface area (Å²) in [5.74, 6) is 0.938. The SMILES string of the molecule is CSCc1nc(C(C)(C)C)c(CO)s1. The van der Waals surface area contributed by atoms with Gasteiger partial charge in [-0.15, -0.1) is 11.3 Å². The van der Waals surface area contributed by atoms with E-state index < -0.39 is 0 Å². The van der Waals surface area contributed by atoms with Crippen LogP contribution in [0.5, 0.6) is 0 Å². The average Bonchev–Trinajstić information content (AvgIpc) is 2.47. The van der Waals surface area contributed by atoms with E-state index in [0.717, 1.165) is 21.3 Å². The fourth-order valence-corrected chi connectivity index (χ4v) is 3.11. The third kappa shape index (κ3) is 2.72. The molecule has 0 aliphatic carbocycles. The van der Waals surface area contributed by atoms with Gasteiger partial charge in [0, 0.05) is 11.2 Å². The van der Waals surface area contributed by atoms with Gasteiger partial charge >= 0.3 is 0 Å². The number of thiazole rings is 1. The van der Waals surface area contributed by atoms with Gasteiger partial charge in [0.1, 0.15) is 5.01 Å². The topological polar surface area (TPSA) is 33.1 Å². The van der Waals surface area contributed by atoms with E-state index in [2.05, 4.69) is 32.0 Å². The van der Waals surface area contributed by atoms with E-state index in [9.17, 15) is 5.11 Å². The van der Waals surface area contributed by atoms with E-state index in [0.29, 0.717) is 0 Å². The lowest BCUT2D eigenvalue weighted by Crippen LogP contribution is -2.14. The lowest BCUT2D eigenvalue weighted by molar-refractivity contribution is 0.282. The Morgan fingerprint density at radius 3 is 2.43 bits per heavy atom. The molecule has 2 nitrogen and oxygen atoms in total. The van der Waals surface area contributed by atoms with Crippen LogP contribution in [-0.2, 0) is 17.8 Å². The quantitative estimate of drug-likeness (QED) is 0.868. The van der Waals surface area contributed by atoms with Crippen LogP contribution >= 0.6 is 23.1 Å². The van der Waals surface area contributed by atoms with Gasteiger partial charge in [-0.05, 0) is 6.26 Å². The molecule has 1 rings (SSSR count). The molecule has 0 aromatic carbocycles. The minimum absolute atomic E-state index is 0.0330. The number of hydrogen-bond acceptors (Lipinski definition) is 4. The molecule has 1 N–H and O–H groups in total. The molecule has 14 heavy (non-hydrogen) atoms. The van der Waals surface area contributed by atoms with Crippen molar-refractivity contribution in [3.8, 4) is 0 Å². The standard InChI is InChI=1S/C10H17NOS2/c1-10(2,3)9-7(5-12)14-8(11-9)6-13-4/h12H,5-6H2,1-4H3. The van der Waals surface area contributed by atoms with Crippen LogP contribution < -0.4 is 0 Å². The molecule has 0 saturated heterocycles. The van der Waals surface area contributed by atoms with E-state index >= 15 is 0 Å². The lowest BCUT2D eigenvalue weighted by atomic mass is 9.91. The van der Waals surface area contributed by atoms with Gasteiger partial charge in [-0.1, -0.05) is 20.8 Å². The second-order valence-electron chi connectivity index (χ2n) is 4.22. The minimum Gasteiger partial charge on any atom is -0.391 e. The molecule has 0 bridgehead atoms. The minimum atomic E-state index is 0.0330. The number of rotatable bonds is 3. The van der Waals surface area contributed by atoms with Crippen molar-refractivity contribution in [2.24, 2.45) is 0 Å². The third-order valence-corrected chi connectivity index (χ3v) is 3.65. The van der Waals surface area contributed by atoms with Gasteiger partial charge in [0.05, 0.1) is 17.2 Å². The second kappa shape index (κ2) is 4.64. The molecule has 4 heteroatoms. The van der Waals surface area contributed by atoms with Gasteiger partial charge in [-0.3, -0.25) is 0 Å². The maximum Gasteiger partial charge on any atom is 0.103 e. The molecule has 0 unspecified atom stereocenters. The molecule has 0 fully saturated rings. The third-order valence-electron chi connectivity index (χ3n) is 1.86. The Morgan fingerprint density at radius 2 is 2.07 bits per heavy atom. The fourth-order valence-electron chi connectivity index (χ4n) is 1.28. The number of hydrogen-bond donors (Lipinski definition) is 1. The molecule has 0 saturated carbocycles. The highest BCUT2D eigenvalue weighted by molar-refractivity contribution is 7.97. The second-order valence-corrected chi connectivity index (χ2v) is 6.25. The van der Waals surface area contributed by atoms with Gasteiger partial charge in [0.2, 0.25) is 0 Å². The first-order valence-electron chi connectivity index (χ1n) is 4.58. The first-order valence-corrected chi connectivity index (χ1v) is 6.79. The van der Waals surface area contributed by atoms with E-state index in [4.69, 9.17) is 0 Å². The summed E-state index contributed by atoms with van der Waals surface area (Å²) in [6, 6.07) is 0. The Balaban J connectivity index is 3.02. The summed E-state index contributed by atoms with van der Waals surface area (Å²) in [6.45, 7) is 6.50. The van der Waals surface area contributed by atoms with Crippen LogP contribution in [0, 0.1) is 0 Å². The zero-order valence-electron chi connectivity index (χ0n) is 9.13. The molecule has 0 aliphatic rings. The van der Waals surface area contributed by atoms with Crippen LogP contribution in [-0.4, -0.2) is 16.3 Å².